The van der Waals surface area contributed by atoms with E-state index in [9.17, 15) is 0 Å². The maximum Gasteiger partial charge on any atom is 0.131 e. The summed E-state index contributed by atoms with van der Waals surface area (Å²) in [5.41, 5.74) is 2.51. The van der Waals surface area contributed by atoms with Crippen LogP contribution in [0, 0.1) is 0 Å². The van der Waals surface area contributed by atoms with Crippen molar-refractivity contribution in [1.82, 2.24) is 19.9 Å². The van der Waals surface area contributed by atoms with Crippen LogP contribution in [0.4, 0.5) is 11.6 Å². The molecule has 1 aliphatic heterocycles. The van der Waals surface area contributed by atoms with Crippen molar-refractivity contribution < 1.29 is 0 Å². The second kappa shape index (κ2) is 9.28. The van der Waals surface area contributed by atoms with Gasteiger partial charge in [0.05, 0.1) is 0 Å². The lowest BCUT2D eigenvalue weighted by Crippen LogP contribution is -2.38. The van der Waals surface area contributed by atoms with Gasteiger partial charge in [-0.25, -0.2) is 9.97 Å². The van der Waals surface area contributed by atoms with Gasteiger partial charge in [0.2, 0.25) is 0 Å². The molecule has 3 heterocycles. The van der Waals surface area contributed by atoms with E-state index in [1.807, 2.05) is 24.4 Å². The van der Waals surface area contributed by atoms with E-state index in [4.69, 9.17) is 0 Å². The van der Waals surface area contributed by atoms with E-state index in [0.717, 1.165) is 49.7 Å². The molecule has 144 valence electrons. The SMILES string of the molecule is c1ccc(CN2CCC(Nc3cc(NCc4cccnc4)ncn3)CC2)cc1. The highest BCUT2D eigenvalue weighted by Gasteiger charge is 2.19. The number of pyridine rings is 1. The predicted octanol–water partition coefficient (Wildman–Crippen LogP) is 3.56. The molecule has 1 aliphatic rings. The van der Waals surface area contributed by atoms with Crippen molar-refractivity contribution >= 4 is 11.6 Å². The summed E-state index contributed by atoms with van der Waals surface area (Å²) in [5.74, 6) is 1.70. The third-order valence-corrected chi connectivity index (χ3v) is 5.05. The number of hydrogen-bond donors (Lipinski definition) is 2. The molecule has 4 rings (SSSR count). The van der Waals surface area contributed by atoms with Crippen LogP contribution in [-0.2, 0) is 13.1 Å². The predicted molar refractivity (Wildman–Crippen MR) is 112 cm³/mol. The summed E-state index contributed by atoms with van der Waals surface area (Å²) in [4.78, 5) is 15.4. The van der Waals surface area contributed by atoms with Crippen molar-refractivity contribution in [1.29, 1.82) is 0 Å². The highest BCUT2D eigenvalue weighted by Crippen LogP contribution is 2.18. The van der Waals surface area contributed by atoms with Crippen molar-refractivity contribution in [2.24, 2.45) is 0 Å². The molecule has 0 atom stereocenters. The molecular weight excluding hydrogens is 348 g/mol. The number of piperidine rings is 1. The molecule has 0 aliphatic carbocycles. The number of likely N-dealkylation sites (tertiary alicyclic amines) is 1. The Hall–Kier alpha value is -2.99. The summed E-state index contributed by atoms with van der Waals surface area (Å²) in [6.45, 7) is 3.93. The molecule has 3 aromatic rings. The number of aromatic nitrogens is 3. The number of hydrogen-bond acceptors (Lipinski definition) is 6. The molecule has 1 fully saturated rings. The maximum absolute atomic E-state index is 4.39. The molecule has 0 radical (unpaired) electrons. The second-order valence-corrected chi connectivity index (χ2v) is 7.18. The molecule has 2 aromatic heterocycles. The molecule has 0 unspecified atom stereocenters. The van der Waals surface area contributed by atoms with Crippen molar-refractivity contribution in [3.8, 4) is 0 Å². The van der Waals surface area contributed by atoms with Gasteiger partial charge in [-0.05, 0) is 30.0 Å². The zero-order valence-electron chi connectivity index (χ0n) is 16.0. The summed E-state index contributed by atoms with van der Waals surface area (Å²) in [6.07, 6.45) is 7.49. The number of nitrogens with one attached hydrogen (secondary N) is 2. The zero-order chi connectivity index (χ0) is 19.0. The zero-order valence-corrected chi connectivity index (χ0v) is 16.0. The standard InChI is InChI=1S/C22H26N6/c1-2-5-18(6-3-1)16-28-11-8-20(9-12-28)27-22-13-21(25-17-26-22)24-15-19-7-4-10-23-14-19/h1-7,10,13-14,17,20H,8-9,11-12,15-16H2,(H2,24,25,26,27). The quantitative estimate of drug-likeness (QED) is 0.659. The molecule has 28 heavy (non-hydrogen) atoms. The Balaban J connectivity index is 1.26. The lowest BCUT2D eigenvalue weighted by atomic mass is 10.0. The van der Waals surface area contributed by atoms with Gasteiger partial charge in [0.15, 0.2) is 0 Å². The van der Waals surface area contributed by atoms with E-state index in [2.05, 4.69) is 60.8 Å². The van der Waals surface area contributed by atoms with Gasteiger partial charge in [-0.15, -0.1) is 0 Å². The molecule has 2 N–H and O–H groups in total. The fraction of sp³-hybridized carbons (Fsp3) is 0.318. The van der Waals surface area contributed by atoms with Gasteiger partial charge in [-0.2, -0.15) is 0 Å². The monoisotopic (exact) mass is 374 g/mol. The Morgan fingerprint density at radius 3 is 2.50 bits per heavy atom. The first-order valence-corrected chi connectivity index (χ1v) is 9.83. The summed E-state index contributed by atoms with van der Waals surface area (Å²) < 4.78 is 0. The largest absolute Gasteiger partial charge is 0.367 e. The average Bonchev–Trinajstić information content (AvgIpc) is 2.76. The minimum Gasteiger partial charge on any atom is -0.367 e. The van der Waals surface area contributed by atoms with Crippen molar-refractivity contribution in [2.75, 3.05) is 23.7 Å². The smallest absolute Gasteiger partial charge is 0.131 e. The Labute approximate surface area is 166 Å². The van der Waals surface area contributed by atoms with Crippen LogP contribution in [0.2, 0.25) is 0 Å². The third-order valence-electron chi connectivity index (χ3n) is 5.05. The van der Waals surface area contributed by atoms with Crippen molar-refractivity contribution in [3.63, 3.8) is 0 Å². The van der Waals surface area contributed by atoms with E-state index in [1.165, 1.54) is 5.56 Å². The molecule has 0 amide bonds. The maximum atomic E-state index is 4.39. The number of rotatable bonds is 7. The molecule has 0 saturated carbocycles. The highest BCUT2D eigenvalue weighted by atomic mass is 15.2. The van der Waals surface area contributed by atoms with E-state index in [1.54, 1.807) is 12.5 Å². The topological polar surface area (TPSA) is 66.0 Å². The number of anilines is 2. The van der Waals surface area contributed by atoms with Crippen LogP contribution >= 0.6 is 0 Å². The second-order valence-electron chi connectivity index (χ2n) is 7.18. The number of nitrogens with zero attached hydrogens (tertiary/aromatic N) is 4. The summed E-state index contributed by atoms with van der Waals surface area (Å²) >= 11 is 0. The Kier molecular flexibility index (Phi) is 6.09. The van der Waals surface area contributed by atoms with Crippen molar-refractivity contribution in [2.45, 2.75) is 32.0 Å². The lowest BCUT2D eigenvalue weighted by Gasteiger charge is -2.32. The first kappa shape index (κ1) is 18.4. The van der Waals surface area contributed by atoms with Gasteiger partial charge in [0.1, 0.15) is 18.0 Å². The molecule has 0 bridgehead atoms. The van der Waals surface area contributed by atoms with E-state index in [-0.39, 0.29) is 0 Å². The van der Waals surface area contributed by atoms with Crippen LogP contribution in [-0.4, -0.2) is 39.0 Å². The Bertz CT molecular complexity index is 847. The lowest BCUT2D eigenvalue weighted by molar-refractivity contribution is 0.211. The van der Waals surface area contributed by atoms with Gasteiger partial charge < -0.3 is 10.6 Å². The summed E-state index contributed by atoms with van der Waals surface area (Å²) in [7, 11) is 0. The van der Waals surface area contributed by atoms with Crippen LogP contribution < -0.4 is 10.6 Å². The fourth-order valence-electron chi connectivity index (χ4n) is 3.51. The van der Waals surface area contributed by atoms with Gasteiger partial charge in [0, 0.05) is 50.7 Å². The van der Waals surface area contributed by atoms with E-state index in [0.29, 0.717) is 12.6 Å². The Morgan fingerprint density at radius 1 is 0.929 bits per heavy atom. The molecular formula is C22H26N6. The fourth-order valence-corrected chi connectivity index (χ4v) is 3.51. The van der Waals surface area contributed by atoms with Gasteiger partial charge in [-0.3, -0.25) is 9.88 Å². The number of benzene rings is 1. The summed E-state index contributed by atoms with van der Waals surface area (Å²) in [6, 6.07) is 17.1. The molecule has 1 aromatic carbocycles. The molecule has 6 heteroatoms. The highest BCUT2D eigenvalue weighted by molar-refractivity contribution is 5.47. The minimum atomic E-state index is 0.452. The molecule has 6 nitrogen and oxygen atoms in total. The summed E-state index contributed by atoms with van der Waals surface area (Å²) in [5, 5.41) is 6.91. The van der Waals surface area contributed by atoms with Crippen LogP contribution in [0.3, 0.4) is 0 Å². The van der Waals surface area contributed by atoms with Crippen LogP contribution in [0.5, 0.6) is 0 Å². The average molecular weight is 374 g/mol. The normalized spacial score (nSPS) is 15.3. The first-order valence-electron chi connectivity index (χ1n) is 9.83. The third kappa shape index (κ3) is 5.27. The van der Waals surface area contributed by atoms with Gasteiger partial charge in [-0.1, -0.05) is 36.4 Å². The van der Waals surface area contributed by atoms with E-state index >= 15 is 0 Å². The molecule has 0 spiro atoms. The molecule has 1 saturated heterocycles. The van der Waals surface area contributed by atoms with Crippen LogP contribution in [0.25, 0.3) is 0 Å². The van der Waals surface area contributed by atoms with Gasteiger partial charge in [0.25, 0.3) is 0 Å². The van der Waals surface area contributed by atoms with Crippen LogP contribution in [0.1, 0.15) is 24.0 Å². The van der Waals surface area contributed by atoms with Crippen molar-refractivity contribution in [3.05, 3.63) is 78.4 Å². The Morgan fingerprint density at radius 2 is 1.71 bits per heavy atom. The minimum absolute atomic E-state index is 0.452. The first-order chi connectivity index (χ1) is 13.8. The van der Waals surface area contributed by atoms with Gasteiger partial charge >= 0.3 is 0 Å². The van der Waals surface area contributed by atoms with Crippen LogP contribution in [0.15, 0.2) is 67.3 Å². The van der Waals surface area contributed by atoms with E-state index < -0.39 is 0 Å².